The minimum atomic E-state index is -0.359. The average molecular weight is 473 g/mol. The van der Waals surface area contributed by atoms with Gasteiger partial charge in [0.15, 0.2) is 11.5 Å². The summed E-state index contributed by atoms with van der Waals surface area (Å²) in [4.78, 5) is 30.3. The third kappa shape index (κ3) is 4.87. The van der Waals surface area contributed by atoms with Crippen molar-refractivity contribution < 1.29 is 9.53 Å². The number of hydrogen-bond donors (Lipinski definition) is 3. The van der Waals surface area contributed by atoms with Gasteiger partial charge in [-0.1, -0.05) is 6.58 Å². The number of pyridine rings is 1. The van der Waals surface area contributed by atoms with Crippen molar-refractivity contribution in [3.63, 3.8) is 0 Å². The third-order valence-electron chi connectivity index (χ3n) is 6.06. The highest BCUT2D eigenvalue weighted by Gasteiger charge is 2.21. The van der Waals surface area contributed by atoms with E-state index in [2.05, 4.69) is 62.3 Å². The first kappa shape index (κ1) is 22.6. The second-order valence-corrected chi connectivity index (χ2v) is 8.82. The normalized spacial score (nSPS) is 15.8. The van der Waals surface area contributed by atoms with Crippen LogP contribution in [0.15, 0.2) is 49.0 Å². The zero-order chi connectivity index (χ0) is 24.5. The van der Waals surface area contributed by atoms with Crippen LogP contribution in [0.2, 0.25) is 0 Å². The van der Waals surface area contributed by atoms with Crippen molar-refractivity contribution in [2.24, 2.45) is 0 Å². The lowest BCUT2D eigenvalue weighted by atomic mass is 10.2. The van der Waals surface area contributed by atoms with Crippen LogP contribution in [0.5, 0.6) is 5.75 Å². The fraction of sp³-hybridized carbons (Fsp3) is 0.280. The number of carbonyl (C=O) groups excluding carboxylic acids is 1. The van der Waals surface area contributed by atoms with Crippen molar-refractivity contribution in [1.82, 2.24) is 19.9 Å². The van der Waals surface area contributed by atoms with Gasteiger partial charge in [0.1, 0.15) is 11.6 Å². The standard InChI is InChI=1S/C25H28N8O2/c1-15-11-19(14-26-23(15)33-9-7-32(4)8-10-33)29-25-27-13-16(2)22(31-25)28-18-5-6-21-20(12-18)30-24(34)17(3)35-21/h5-6,11-14H,3,7-10H2,1-2,4H3,(H,30,34)(H2,27,28,29,31). The second kappa shape index (κ2) is 9.22. The molecule has 35 heavy (non-hydrogen) atoms. The highest BCUT2D eigenvalue weighted by Crippen LogP contribution is 2.34. The van der Waals surface area contributed by atoms with E-state index >= 15 is 0 Å². The molecule has 0 spiro atoms. The molecule has 1 saturated heterocycles. The highest BCUT2D eigenvalue weighted by atomic mass is 16.5. The quantitative estimate of drug-likeness (QED) is 0.480. The van der Waals surface area contributed by atoms with Gasteiger partial charge in [-0.25, -0.2) is 9.97 Å². The Bertz CT molecular complexity index is 1300. The Morgan fingerprint density at radius 2 is 1.80 bits per heavy atom. The van der Waals surface area contributed by atoms with Gasteiger partial charge in [-0.05, 0) is 50.7 Å². The van der Waals surface area contributed by atoms with Crippen molar-refractivity contribution in [1.29, 1.82) is 0 Å². The van der Waals surface area contributed by atoms with Gasteiger partial charge in [0, 0.05) is 43.6 Å². The minimum absolute atomic E-state index is 0.0712. The maximum atomic E-state index is 11.9. The van der Waals surface area contributed by atoms with E-state index in [1.54, 1.807) is 18.3 Å². The van der Waals surface area contributed by atoms with Crippen LogP contribution in [0.1, 0.15) is 11.1 Å². The average Bonchev–Trinajstić information content (AvgIpc) is 2.83. The molecule has 1 fully saturated rings. The van der Waals surface area contributed by atoms with E-state index in [4.69, 9.17) is 9.72 Å². The predicted octanol–water partition coefficient (Wildman–Crippen LogP) is 3.57. The van der Waals surface area contributed by atoms with Crippen molar-refractivity contribution in [2.75, 3.05) is 54.1 Å². The Kier molecular flexibility index (Phi) is 5.96. The molecule has 0 radical (unpaired) electrons. The molecule has 3 aromatic rings. The Hall–Kier alpha value is -4.18. The van der Waals surface area contributed by atoms with Gasteiger partial charge in [-0.2, -0.15) is 4.98 Å². The molecule has 2 aromatic heterocycles. The summed E-state index contributed by atoms with van der Waals surface area (Å²) in [6.45, 7) is 11.6. The molecule has 2 aliphatic rings. The summed E-state index contributed by atoms with van der Waals surface area (Å²) >= 11 is 0. The molecule has 3 N–H and O–H groups in total. The summed E-state index contributed by atoms with van der Waals surface area (Å²) in [6.07, 6.45) is 3.57. The lowest BCUT2D eigenvalue weighted by Gasteiger charge is -2.34. The van der Waals surface area contributed by atoms with Gasteiger partial charge in [-0.15, -0.1) is 0 Å². The molecule has 0 atom stereocenters. The number of anilines is 6. The van der Waals surface area contributed by atoms with Gasteiger partial charge in [0.05, 0.1) is 17.6 Å². The van der Waals surface area contributed by atoms with E-state index in [0.717, 1.165) is 54.5 Å². The van der Waals surface area contributed by atoms with Crippen LogP contribution in [0.25, 0.3) is 0 Å². The van der Waals surface area contributed by atoms with Crippen LogP contribution in [0.3, 0.4) is 0 Å². The third-order valence-corrected chi connectivity index (χ3v) is 6.06. The molecule has 0 aliphatic carbocycles. The molecule has 1 amide bonds. The smallest absolute Gasteiger partial charge is 0.290 e. The molecule has 0 saturated carbocycles. The number of nitrogens with one attached hydrogen (secondary N) is 3. The molecule has 4 heterocycles. The summed E-state index contributed by atoms with van der Waals surface area (Å²) in [6, 6.07) is 7.48. The van der Waals surface area contributed by atoms with Gasteiger partial charge in [-0.3, -0.25) is 4.79 Å². The van der Waals surface area contributed by atoms with Crippen molar-refractivity contribution in [2.45, 2.75) is 13.8 Å². The molecule has 180 valence electrons. The molecule has 10 nitrogen and oxygen atoms in total. The van der Waals surface area contributed by atoms with E-state index in [1.165, 1.54) is 0 Å². The zero-order valence-electron chi connectivity index (χ0n) is 20.1. The maximum absolute atomic E-state index is 11.9. The van der Waals surface area contributed by atoms with Crippen LogP contribution < -0.4 is 25.6 Å². The van der Waals surface area contributed by atoms with Crippen molar-refractivity contribution in [3.8, 4) is 5.75 Å². The van der Waals surface area contributed by atoms with Crippen LogP contribution in [-0.2, 0) is 4.79 Å². The number of benzene rings is 1. The first-order valence-electron chi connectivity index (χ1n) is 11.5. The lowest BCUT2D eigenvalue weighted by Crippen LogP contribution is -2.45. The van der Waals surface area contributed by atoms with E-state index in [-0.39, 0.29) is 11.7 Å². The molecular weight excluding hydrogens is 444 g/mol. The largest absolute Gasteiger partial charge is 0.450 e. The molecule has 5 rings (SSSR count). The lowest BCUT2D eigenvalue weighted by molar-refractivity contribution is -0.115. The Balaban J connectivity index is 1.31. The number of fused-ring (bicyclic) bond motifs is 1. The van der Waals surface area contributed by atoms with Crippen LogP contribution in [0.4, 0.5) is 34.6 Å². The van der Waals surface area contributed by atoms with Crippen LogP contribution in [-0.4, -0.2) is 59.0 Å². The molecule has 0 bridgehead atoms. The summed E-state index contributed by atoms with van der Waals surface area (Å²) in [7, 11) is 2.14. The maximum Gasteiger partial charge on any atom is 0.290 e. The van der Waals surface area contributed by atoms with Gasteiger partial charge >= 0.3 is 0 Å². The van der Waals surface area contributed by atoms with E-state index in [0.29, 0.717) is 23.2 Å². The van der Waals surface area contributed by atoms with Crippen molar-refractivity contribution >= 4 is 40.6 Å². The van der Waals surface area contributed by atoms with Crippen LogP contribution in [0, 0.1) is 13.8 Å². The number of aryl methyl sites for hydroxylation is 2. The summed E-state index contributed by atoms with van der Waals surface area (Å²) in [5, 5.41) is 9.32. The first-order chi connectivity index (χ1) is 16.9. The molecule has 1 aromatic carbocycles. The fourth-order valence-electron chi connectivity index (χ4n) is 4.05. The zero-order valence-corrected chi connectivity index (χ0v) is 20.1. The monoisotopic (exact) mass is 472 g/mol. The minimum Gasteiger partial charge on any atom is -0.450 e. The van der Waals surface area contributed by atoms with Gasteiger partial charge in [0.2, 0.25) is 5.95 Å². The number of piperazine rings is 1. The summed E-state index contributed by atoms with van der Waals surface area (Å²) in [5.41, 5.74) is 4.12. The molecular formula is C25H28N8O2. The molecule has 2 aliphatic heterocycles. The number of nitrogens with zero attached hydrogens (tertiary/aromatic N) is 5. The number of amides is 1. The predicted molar refractivity (Wildman–Crippen MR) is 137 cm³/mol. The number of aromatic nitrogens is 3. The van der Waals surface area contributed by atoms with Gasteiger partial charge in [0.25, 0.3) is 5.91 Å². The van der Waals surface area contributed by atoms with Crippen molar-refractivity contribution in [3.05, 3.63) is 60.1 Å². The number of hydrogen-bond acceptors (Lipinski definition) is 9. The Morgan fingerprint density at radius 3 is 2.57 bits per heavy atom. The Labute approximate surface area is 204 Å². The van der Waals surface area contributed by atoms with E-state index < -0.39 is 0 Å². The fourth-order valence-corrected chi connectivity index (χ4v) is 4.05. The first-order valence-corrected chi connectivity index (χ1v) is 11.5. The molecule has 0 unspecified atom stereocenters. The number of carbonyl (C=O) groups is 1. The topological polar surface area (TPSA) is 108 Å². The summed E-state index contributed by atoms with van der Waals surface area (Å²) in [5.74, 6) is 2.38. The number of likely N-dealkylation sites (N-methyl/N-ethyl adjacent to an activating group) is 1. The van der Waals surface area contributed by atoms with Crippen LogP contribution >= 0.6 is 0 Å². The second-order valence-electron chi connectivity index (χ2n) is 8.82. The van der Waals surface area contributed by atoms with E-state index in [9.17, 15) is 4.79 Å². The molecule has 10 heteroatoms. The van der Waals surface area contributed by atoms with Gasteiger partial charge < -0.3 is 30.5 Å². The Morgan fingerprint density at radius 1 is 1.00 bits per heavy atom. The SMILES string of the molecule is C=C1Oc2ccc(Nc3nc(Nc4cnc(N5CCN(C)CC5)c(C)c4)ncc3C)cc2NC1=O. The summed E-state index contributed by atoms with van der Waals surface area (Å²) < 4.78 is 5.44. The highest BCUT2D eigenvalue weighted by molar-refractivity contribution is 6.05. The van der Waals surface area contributed by atoms with E-state index in [1.807, 2.05) is 19.2 Å². The number of ether oxygens (including phenoxy) is 1. The number of rotatable bonds is 5.